The van der Waals surface area contributed by atoms with Crippen molar-refractivity contribution in [3.05, 3.63) is 35.9 Å². The molecule has 4 aliphatic heterocycles. The van der Waals surface area contributed by atoms with E-state index in [-0.39, 0.29) is 12.5 Å². The zero-order valence-corrected chi connectivity index (χ0v) is 21.0. The van der Waals surface area contributed by atoms with Gasteiger partial charge in [-0.2, -0.15) is 0 Å². The molecule has 1 aromatic carbocycles. The van der Waals surface area contributed by atoms with Crippen LogP contribution in [0.4, 0.5) is 0 Å². The molecule has 0 aromatic heterocycles. The summed E-state index contributed by atoms with van der Waals surface area (Å²) < 4.78 is 29.9. The molecule has 10 heteroatoms. The summed E-state index contributed by atoms with van der Waals surface area (Å²) >= 11 is 0. The van der Waals surface area contributed by atoms with E-state index in [1.54, 1.807) is 0 Å². The molecule has 0 radical (unpaired) electrons. The normalized spacial score (nSPS) is 50.9. The standard InChI is InChI=1S/C27H30O10/c1-12-19(29)35-17-16(28)25-15-10-14(23(2,3)4)24(25)18(33-11-13-8-6-5-7-9-13)20(30)36-22(24)37-27(25,21(31)34-15)26(12,17)32/h5-9,12,14-18,22,28,32H,10-11H2,1-4H3/t12-,14+,15?,16+,17+,18?,22?,24?,25?,26-,27+/m1/s1. The van der Waals surface area contributed by atoms with Crippen LogP contribution in [0.2, 0.25) is 0 Å². The van der Waals surface area contributed by atoms with Gasteiger partial charge in [0, 0.05) is 0 Å². The van der Waals surface area contributed by atoms with Crippen molar-refractivity contribution in [1.82, 2.24) is 0 Å². The molecular weight excluding hydrogens is 484 g/mol. The average Bonchev–Trinajstić information content (AvgIpc) is 3.55. The fourth-order valence-electron chi connectivity index (χ4n) is 9.05. The number of ether oxygens (including phenoxy) is 5. The van der Waals surface area contributed by atoms with Gasteiger partial charge in [0.15, 0.2) is 17.8 Å². The van der Waals surface area contributed by atoms with Crippen LogP contribution in [0.25, 0.3) is 0 Å². The van der Waals surface area contributed by atoms with E-state index in [1.807, 2.05) is 51.1 Å². The van der Waals surface area contributed by atoms with Crippen molar-refractivity contribution in [3.63, 3.8) is 0 Å². The van der Waals surface area contributed by atoms with Crippen LogP contribution in [0.3, 0.4) is 0 Å². The predicted octanol–water partition coefficient (Wildman–Crippen LogP) is 0.855. The van der Waals surface area contributed by atoms with E-state index in [0.29, 0.717) is 6.42 Å². The monoisotopic (exact) mass is 514 g/mol. The van der Waals surface area contributed by atoms with Crippen LogP contribution in [0.5, 0.6) is 0 Å². The first kappa shape index (κ1) is 23.6. The summed E-state index contributed by atoms with van der Waals surface area (Å²) in [6.07, 6.45) is -6.16. The lowest BCUT2D eigenvalue weighted by molar-refractivity contribution is -0.240. The molecule has 1 aromatic rings. The van der Waals surface area contributed by atoms with Crippen molar-refractivity contribution in [2.75, 3.05) is 0 Å². The van der Waals surface area contributed by atoms with Gasteiger partial charge in [-0.25, -0.2) is 9.59 Å². The predicted molar refractivity (Wildman–Crippen MR) is 121 cm³/mol. The fraction of sp³-hybridized carbons (Fsp3) is 0.667. The Bertz CT molecular complexity index is 1230. The molecular formula is C27H30O10. The van der Waals surface area contributed by atoms with E-state index in [0.717, 1.165) is 5.56 Å². The maximum Gasteiger partial charge on any atom is 0.343 e. The highest BCUT2D eigenvalue weighted by atomic mass is 16.8. The second-order valence-electron chi connectivity index (χ2n) is 12.4. The molecule has 4 heterocycles. The van der Waals surface area contributed by atoms with Gasteiger partial charge in [0.2, 0.25) is 11.9 Å². The van der Waals surface area contributed by atoms with Crippen molar-refractivity contribution in [2.45, 2.75) is 82.6 Å². The van der Waals surface area contributed by atoms with E-state index >= 15 is 0 Å². The third kappa shape index (κ3) is 2.14. The van der Waals surface area contributed by atoms with Gasteiger partial charge in [0.1, 0.15) is 12.2 Å². The Labute approximate surface area is 213 Å². The summed E-state index contributed by atoms with van der Waals surface area (Å²) in [6.45, 7) is 7.52. The van der Waals surface area contributed by atoms with Gasteiger partial charge in [-0.05, 0) is 30.2 Å². The van der Waals surface area contributed by atoms with Crippen LogP contribution in [-0.2, 0) is 44.7 Å². The van der Waals surface area contributed by atoms with Gasteiger partial charge in [0.05, 0.1) is 23.4 Å². The van der Waals surface area contributed by atoms with Crippen molar-refractivity contribution >= 4 is 17.9 Å². The molecule has 5 unspecified atom stereocenters. The minimum absolute atomic E-state index is 0.0731. The van der Waals surface area contributed by atoms with Gasteiger partial charge in [-0.1, -0.05) is 51.1 Å². The Morgan fingerprint density at radius 2 is 1.76 bits per heavy atom. The molecule has 2 spiro atoms. The molecule has 0 bridgehead atoms. The lowest BCUT2D eigenvalue weighted by Crippen LogP contribution is -2.67. The van der Waals surface area contributed by atoms with Crippen molar-refractivity contribution in [3.8, 4) is 0 Å². The molecule has 4 saturated heterocycles. The van der Waals surface area contributed by atoms with Crippen molar-refractivity contribution in [1.29, 1.82) is 0 Å². The van der Waals surface area contributed by atoms with E-state index in [1.165, 1.54) is 6.92 Å². The summed E-state index contributed by atoms with van der Waals surface area (Å²) in [4.78, 5) is 39.9. The van der Waals surface area contributed by atoms with Crippen LogP contribution in [-0.4, -0.2) is 70.0 Å². The van der Waals surface area contributed by atoms with Crippen LogP contribution in [0.1, 0.15) is 39.7 Å². The van der Waals surface area contributed by atoms with Crippen LogP contribution in [0.15, 0.2) is 30.3 Å². The Morgan fingerprint density at radius 1 is 1.05 bits per heavy atom. The SMILES string of the molecule is C[C@@H]1C(=O)O[C@H]2[C@H](O)C34C5C[C@@H](C(C)(C)C)C36C(OC(=O)C6OCc3ccccc3)O[C@]4(C(=O)O5)[C@@]12O. The molecule has 0 amide bonds. The first-order valence-electron chi connectivity index (χ1n) is 12.8. The van der Waals surface area contributed by atoms with E-state index in [4.69, 9.17) is 23.7 Å². The largest absolute Gasteiger partial charge is 0.459 e. The number of fused-ring (bicyclic) bond motifs is 1. The molecule has 11 atom stereocenters. The zero-order chi connectivity index (χ0) is 26.3. The minimum atomic E-state index is -2.23. The van der Waals surface area contributed by atoms with E-state index in [9.17, 15) is 24.6 Å². The number of aliphatic hydroxyl groups excluding tert-OH is 1. The summed E-state index contributed by atoms with van der Waals surface area (Å²) in [6, 6.07) is 9.31. The summed E-state index contributed by atoms with van der Waals surface area (Å²) in [5.41, 5.74) is -7.12. The molecule has 37 heavy (non-hydrogen) atoms. The number of hydrogen-bond acceptors (Lipinski definition) is 10. The number of hydrogen-bond donors (Lipinski definition) is 2. The molecule has 198 valence electrons. The highest BCUT2D eigenvalue weighted by Gasteiger charge is 3.04. The smallest absolute Gasteiger partial charge is 0.343 e. The first-order valence-corrected chi connectivity index (χ1v) is 12.8. The number of rotatable bonds is 3. The van der Waals surface area contributed by atoms with Gasteiger partial charge < -0.3 is 33.9 Å². The lowest BCUT2D eigenvalue weighted by Gasteiger charge is -2.48. The lowest BCUT2D eigenvalue weighted by atomic mass is 9.51. The Hall–Kier alpha value is -2.53. The second kappa shape index (κ2) is 6.72. The molecule has 6 fully saturated rings. The molecule has 10 nitrogen and oxygen atoms in total. The summed E-state index contributed by atoms with van der Waals surface area (Å²) in [5.74, 6) is -3.88. The third-order valence-corrected chi connectivity index (χ3v) is 10.2. The number of aliphatic hydroxyl groups is 2. The maximum atomic E-state index is 13.8. The number of benzene rings is 1. The fourth-order valence-corrected chi connectivity index (χ4v) is 9.05. The number of esters is 3. The second-order valence-corrected chi connectivity index (χ2v) is 12.4. The number of carbonyl (C=O) groups excluding carboxylic acids is 3. The van der Waals surface area contributed by atoms with E-state index in [2.05, 4.69) is 0 Å². The van der Waals surface area contributed by atoms with Crippen LogP contribution in [0, 0.1) is 28.1 Å². The molecule has 6 aliphatic rings. The first-order chi connectivity index (χ1) is 17.4. The number of carbonyl (C=O) groups is 3. The average molecular weight is 515 g/mol. The minimum Gasteiger partial charge on any atom is -0.459 e. The quantitative estimate of drug-likeness (QED) is 0.441. The Morgan fingerprint density at radius 3 is 2.43 bits per heavy atom. The maximum absolute atomic E-state index is 13.8. The van der Waals surface area contributed by atoms with Gasteiger partial charge in [-0.3, -0.25) is 4.79 Å². The molecule has 2 N–H and O–H groups in total. The Kier molecular flexibility index (Phi) is 4.28. The Balaban J connectivity index is 1.47. The van der Waals surface area contributed by atoms with Gasteiger partial charge in [0.25, 0.3) is 0 Å². The topological polar surface area (TPSA) is 138 Å². The van der Waals surface area contributed by atoms with Crippen LogP contribution >= 0.6 is 0 Å². The summed E-state index contributed by atoms with van der Waals surface area (Å²) in [5, 5.41) is 24.3. The van der Waals surface area contributed by atoms with Gasteiger partial charge in [-0.15, -0.1) is 0 Å². The van der Waals surface area contributed by atoms with Crippen molar-refractivity contribution in [2.24, 2.45) is 28.1 Å². The van der Waals surface area contributed by atoms with E-state index < -0.39 is 82.0 Å². The summed E-state index contributed by atoms with van der Waals surface area (Å²) in [7, 11) is 0. The van der Waals surface area contributed by atoms with Crippen LogP contribution < -0.4 is 0 Å². The highest BCUT2D eigenvalue weighted by Crippen LogP contribution is 2.84. The third-order valence-electron chi connectivity index (χ3n) is 10.2. The highest BCUT2D eigenvalue weighted by molar-refractivity contribution is 5.94. The molecule has 2 aliphatic carbocycles. The molecule has 7 rings (SSSR count). The van der Waals surface area contributed by atoms with Crippen molar-refractivity contribution < 1.29 is 48.3 Å². The molecule has 2 saturated carbocycles. The zero-order valence-electron chi connectivity index (χ0n) is 21.0. The van der Waals surface area contributed by atoms with Gasteiger partial charge >= 0.3 is 17.9 Å².